The van der Waals surface area contributed by atoms with E-state index in [1.54, 1.807) is 0 Å². The van der Waals surface area contributed by atoms with E-state index in [2.05, 4.69) is 11.2 Å². The van der Waals surface area contributed by atoms with Gasteiger partial charge in [0.2, 0.25) is 5.91 Å². The Morgan fingerprint density at radius 2 is 2.17 bits per heavy atom. The molecule has 0 aromatic heterocycles. The van der Waals surface area contributed by atoms with Crippen LogP contribution in [-0.4, -0.2) is 12.5 Å². The van der Waals surface area contributed by atoms with Gasteiger partial charge in [0.1, 0.15) is 0 Å². The van der Waals surface area contributed by atoms with Crippen molar-refractivity contribution in [2.45, 2.75) is 32.6 Å². The second kappa shape index (κ2) is 3.62. The average Bonchev–Trinajstić information content (AvgIpc) is 2.49. The third-order valence-corrected chi connectivity index (χ3v) is 2.61. The van der Waals surface area contributed by atoms with Gasteiger partial charge in [0.15, 0.2) is 0 Å². The molecule has 2 heteroatoms. The molecule has 1 amide bonds. The fourth-order valence-electron chi connectivity index (χ4n) is 1.73. The lowest BCUT2D eigenvalue weighted by molar-refractivity contribution is -0.129. The van der Waals surface area contributed by atoms with Crippen LogP contribution in [0, 0.1) is 17.8 Å². The first-order valence-electron chi connectivity index (χ1n) is 4.41. The monoisotopic (exact) mass is 165 g/mol. The summed E-state index contributed by atoms with van der Waals surface area (Å²) in [4.78, 5) is 11.5. The van der Waals surface area contributed by atoms with Gasteiger partial charge in [-0.25, -0.2) is 0 Å². The zero-order chi connectivity index (χ0) is 9.03. The number of hydrogen-bond acceptors (Lipinski definition) is 1. The summed E-state index contributed by atoms with van der Waals surface area (Å²) in [5.74, 6) is 2.53. The highest BCUT2D eigenvalue weighted by Gasteiger charge is 2.35. The van der Waals surface area contributed by atoms with Crippen LogP contribution in [0.25, 0.3) is 0 Å². The van der Waals surface area contributed by atoms with Gasteiger partial charge in [0, 0.05) is 5.41 Å². The predicted molar refractivity (Wildman–Crippen MR) is 48.4 cm³/mol. The summed E-state index contributed by atoms with van der Waals surface area (Å²) < 4.78 is 0. The average molecular weight is 165 g/mol. The third kappa shape index (κ3) is 1.79. The minimum Gasteiger partial charge on any atom is -0.345 e. The molecule has 1 N–H and O–H groups in total. The van der Waals surface area contributed by atoms with E-state index in [4.69, 9.17) is 6.42 Å². The summed E-state index contributed by atoms with van der Waals surface area (Å²) in [5.41, 5.74) is -0.142. The van der Waals surface area contributed by atoms with E-state index in [1.165, 1.54) is 12.8 Å². The smallest absolute Gasteiger partial charge is 0.226 e. The minimum atomic E-state index is -0.142. The van der Waals surface area contributed by atoms with Gasteiger partial charge < -0.3 is 5.32 Å². The second-order valence-electron chi connectivity index (χ2n) is 3.65. The Bertz CT molecular complexity index is 208. The third-order valence-electron chi connectivity index (χ3n) is 2.61. The number of carbonyl (C=O) groups excluding carboxylic acids is 1. The van der Waals surface area contributed by atoms with Crippen molar-refractivity contribution in [3.63, 3.8) is 0 Å². The quantitative estimate of drug-likeness (QED) is 0.614. The van der Waals surface area contributed by atoms with Crippen LogP contribution in [0.5, 0.6) is 0 Å². The molecule has 1 rings (SSSR count). The molecular weight excluding hydrogens is 150 g/mol. The number of amides is 1. The van der Waals surface area contributed by atoms with Crippen LogP contribution in [0.15, 0.2) is 0 Å². The highest BCUT2D eigenvalue weighted by Crippen LogP contribution is 2.37. The Kier molecular flexibility index (Phi) is 2.75. The first kappa shape index (κ1) is 9.12. The zero-order valence-electron chi connectivity index (χ0n) is 7.52. The van der Waals surface area contributed by atoms with E-state index >= 15 is 0 Å². The van der Waals surface area contributed by atoms with Crippen LogP contribution in [0.4, 0.5) is 0 Å². The molecule has 0 atom stereocenters. The van der Waals surface area contributed by atoms with E-state index in [0.717, 1.165) is 12.8 Å². The highest BCUT2D eigenvalue weighted by atomic mass is 16.2. The Labute approximate surface area is 73.7 Å². The van der Waals surface area contributed by atoms with Crippen LogP contribution in [-0.2, 0) is 4.79 Å². The first-order chi connectivity index (χ1) is 5.69. The highest BCUT2D eigenvalue weighted by molar-refractivity contribution is 5.82. The summed E-state index contributed by atoms with van der Waals surface area (Å²) in [6.07, 6.45) is 9.39. The molecule has 0 aromatic carbocycles. The maximum absolute atomic E-state index is 11.5. The molecule has 0 aromatic rings. The molecule has 0 radical (unpaired) electrons. The van der Waals surface area contributed by atoms with Crippen molar-refractivity contribution in [2.75, 3.05) is 6.54 Å². The summed E-state index contributed by atoms with van der Waals surface area (Å²) in [7, 11) is 0. The molecule has 1 fully saturated rings. The lowest BCUT2D eigenvalue weighted by atomic mass is 9.88. The molecule has 12 heavy (non-hydrogen) atoms. The number of terminal acetylenes is 1. The van der Waals surface area contributed by atoms with Crippen molar-refractivity contribution in [1.82, 2.24) is 5.32 Å². The molecule has 2 nitrogen and oxygen atoms in total. The standard InChI is InChI=1S/C10H15NO/c1-3-8-11-9(12)10(2)6-4-5-7-10/h1H,4-8H2,2H3,(H,11,12). The molecule has 1 aliphatic carbocycles. The van der Waals surface area contributed by atoms with E-state index in [9.17, 15) is 4.79 Å². The van der Waals surface area contributed by atoms with Crippen molar-refractivity contribution in [3.05, 3.63) is 0 Å². The van der Waals surface area contributed by atoms with Crippen molar-refractivity contribution in [3.8, 4) is 12.3 Å². The van der Waals surface area contributed by atoms with Crippen molar-refractivity contribution >= 4 is 5.91 Å². The van der Waals surface area contributed by atoms with Crippen LogP contribution in [0.1, 0.15) is 32.6 Å². The summed E-state index contributed by atoms with van der Waals surface area (Å²) in [5, 5.41) is 2.74. The van der Waals surface area contributed by atoms with Gasteiger partial charge in [0.25, 0.3) is 0 Å². The van der Waals surface area contributed by atoms with Gasteiger partial charge in [-0.2, -0.15) is 0 Å². The minimum absolute atomic E-state index is 0.123. The van der Waals surface area contributed by atoms with Gasteiger partial charge in [-0.05, 0) is 12.8 Å². The molecule has 1 saturated carbocycles. The molecule has 0 aliphatic heterocycles. The topological polar surface area (TPSA) is 29.1 Å². The zero-order valence-corrected chi connectivity index (χ0v) is 7.52. The van der Waals surface area contributed by atoms with Crippen LogP contribution in [0.2, 0.25) is 0 Å². The Morgan fingerprint density at radius 3 is 2.67 bits per heavy atom. The van der Waals surface area contributed by atoms with Gasteiger partial charge in [-0.1, -0.05) is 25.7 Å². The van der Waals surface area contributed by atoms with Gasteiger partial charge in [0.05, 0.1) is 6.54 Å². The molecule has 0 bridgehead atoms. The summed E-state index contributed by atoms with van der Waals surface area (Å²) >= 11 is 0. The normalized spacial score (nSPS) is 20.0. The van der Waals surface area contributed by atoms with Gasteiger partial charge in [-0.3, -0.25) is 4.79 Å². The van der Waals surface area contributed by atoms with E-state index in [0.29, 0.717) is 6.54 Å². The Hall–Kier alpha value is -0.970. The SMILES string of the molecule is C#CCNC(=O)C1(C)CCCC1. The molecule has 0 spiro atoms. The van der Waals surface area contributed by atoms with Crippen molar-refractivity contribution in [1.29, 1.82) is 0 Å². The molecule has 0 unspecified atom stereocenters. The maximum Gasteiger partial charge on any atom is 0.226 e. The molecule has 66 valence electrons. The summed E-state index contributed by atoms with van der Waals surface area (Å²) in [6.45, 7) is 2.38. The maximum atomic E-state index is 11.5. The summed E-state index contributed by atoms with van der Waals surface area (Å²) in [6, 6.07) is 0. The van der Waals surface area contributed by atoms with Gasteiger partial charge >= 0.3 is 0 Å². The number of hydrogen-bond donors (Lipinski definition) is 1. The fraction of sp³-hybridized carbons (Fsp3) is 0.700. The number of rotatable bonds is 2. The van der Waals surface area contributed by atoms with Crippen LogP contribution in [0.3, 0.4) is 0 Å². The number of nitrogens with one attached hydrogen (secondary N) is 1. The van der Waals surface area contributed by atoms with Crippen LogP contribution >= 0.6 is 0 Å². The van der Waals surface area contributed by atoms with Gasteiger partial charge in [-0.15, -0.1) is 6.42 Å². The van der Waals surface area contributed by atoms with Crippen LogP contribution < -0.4 is 5.32 Å². The first-order valence-corrected chi connectivity index (χ1v) is 4.41. The lowest BCUT2D eigenvalue weighted by Gasteiger charge is -2.21. The van der Waals surface area contributed by atoms with E-state index < -0.39 is 0 Å². The fourth-order valence-corrected chi connectivity index (χ4v) is 1.73. The molecule has 0 heterocycles. The Balaban J connectivity index is 2.45. The predicted octanol–water partition coefficient (Wildman–Crippen LogP) is 1.32. The van der Waals surface area contributed by atoms with E-state index in [-0.39, 0.29) is 11.3 Å². The second-order valence-corrected chi connectivity index (χ2v) is 3.65. The molecule has 0 saturated heterocycles. The molecule has 1 aliphatic rings. The lowest BCUT2D eigenvalue weighted by Crippen LogP contribution is -2.37. The number of carbonyl (C=O) groups is 1. The van der Waals surface area contributed by atoms with E-state index in [1.807, 2.05) is 6.92 Å². The van der Waals surface area contributed by atoms with Crippen molar-refractivity contribution in [2.24, 2.45) is 5.41 Å². The Morgan fingerprint density at radius 1 is 1.58 bits per heavy atom. The molecular formula is C10H15NO. The largest absolute Gasteiger partial charge is 0.345 e. The van der Waals surface area contributed by atoms with Crippen molar-refractivity contribution < 1.29 is 4.79 Å².